The van der Waals surface area contributed by atoms with E-state index in [2.05, 4.69) is 0 Å². The summed E-state index contributed by atoms with van der Waals surface area (Å²) in [4.78, 5) is 0. The molecule has 1 aliphatic rings. The van der Waals surface area contributed by atoms with Crippen LogP contribution in [0.3, 0.4) is 0 Å². The van der Waals surface area contributed by atoms with E-state index in [0.29, 0.717) is 15.8 Å². The zero-order chi connectivity index (χ0) is 10.8. The lowest BCUT2D eigenvalue weighted by atomic mass is 10.2. The van der Waals surface area contributed by atoms with E-state index < -0.39 is 0 Å². The summed E-state index contributed by atoms with van der Waals surface area (Å²) in [7, 11) is 0. The van der Waals surface area contributed by atoms with Crippen molar-refractivity contribution in [3.63, 3.8) is 0 Å². The van der Waals surface area contributed by atoms with Gasteiger partial charge in [0, 0.05) is 10.0 Å². The fourth-order valence-electron chi connectivity index (χ4n) is 1.82. The number of rotatable bonds is 2. The van der Waals surface area contributed by atoms with Crippen LogP contribution < -0.4 is 4.74 Å². The maximum atomic E-state index is 9.60. The van der Waals surface area contributed by atoms with E-state index in [1.165, 1.54) is 0 Å². The maximum absolute atomic E-state index is 9.60. The second kappa shape index (κ2) is 4.60. The van der Waals surface area contributed by atoms with E-state index in [4.69, 9.17) is 27.9 Å². The summed E-state index contributed by atoms with van der Waals surface area (Å²) in [5.74, 6) is 0.624. The summed E-state index contributed by atoms with van der Waals surface area (Å²) in [6.07, 6.45) is 2.19. The second-order valence-electron chi connectivity index (χ2n) is 3.76. The minimum absolute atomic E-state index is 0.125. The van der Waals surface area contributed by atoms with E-state index in [1.807, 2.05) is 0 Å². The van der Waals surface area contributed by atoms with Gasteiger partial charge in [-0.25, -0.2) is 0 Å². The number of hydrogen-bond acceptors (Lipinski definition) is 2. The van der Waals surface area contributed by atoms with Crippen molar-refractivity contribution in [2.24, 2.45) is 0 Å². The highest BCUT2D eigenvalue weighted by atomic mass is 35.5. The predicted octanol–water partition coefficient (Wildman–Crippen LogP) is 3.29. The van der Waals surface area contributed by atoms with E-state index in [0.717, 1.165) is 19.3 Å². The molecule has 1 fully saturated rings. The molecule has 82 valence electrons. The van der Waals surface area contributed by atoms with E-state index in [9.17, 15) is 5.11 Å². The number of hydrogen-bond donors (Lipinski definition) is 1. The molecule has 2 rings (SSSR count). The highest BCUT2D eigenvalue weighted by Crippen LogP contribution is 2.28. The second-order valence-corrected chi connectivity index (χ2v) is 4.63. The highest BCUT2D eigenvalue weighted by Gasteiger charge is 2.26. The van der Waals surface area contributed by atoms with Gasteiger partial charge in [-0.05, 0) is 37.5 Å². The van der Waals surface area contributed by atoms with Gasteiger partial charge in [0.25, 0.3) is 0 Å². The molecule has 0 amide bonds. The summed E-state index contributed by atoms with van der Waals surface area (Å²) in [5.41, 5.74) is 0. The standard InChI is InChI=1S/C11H12Cl2O2/c12-7-4-8(13)6-9(5-7)15-11-3-1-2-10(11)14/h4-6,10-11,14H,1-3H2/t10-,11-/m0/s1. The van der Waals surface area contributed by atoms with Gasteiger partial charge in [0.15, 0.2) is 0 Å². The van der Waals surface area contributed by atoms with Crippen molar-refractivity contribution in [2.75, 3.05) is 0 Å². The van der Waals surface area contributed by atoms with Crippen LogP contribution in [0.2, 0.25) is 10.0 Å². The van der Waals surface area contributed by atoms with Crippen molar-refractivity contribution < 1.29 is 9.84 Å². The molecule has 2 atom stereocenters. The van der Waals surface area contributed by atoms with Crippen LogP contribution in [0.15, 0.2) is 18.2 Å². The van der Waals surface area contributed by atoms with Crippen LogP contribution in [0.1, 0.15) is 19.3 Å². The van der Waals surface area contributed by atoms with Gasteiger partial charge in [-0.1, -0.05) is 23.2 Å². The Kier molecular flexibility index (Phi) is 3.39. The molecule has 4 heteroatoms. The molecular formula is C11H12Cl2O2. The van der Waals surface area contributed by atoms with Gasteiger partial charge in [-0.15, -0.1) is 0 Å². The molecule has 0 heterocycles. The summed E-state index contributed by atoms with van der Waals surface area (Å²) in [5, 5.41) is 10.7. The maximum Gasteiger partial charge on any atom is 0.124 e. The number of ether oxygens (including phenoxy) is 1. The number of benzene rings is 1. The van der Waals surface area contributed by atoms with Crippen LogP contribution >= 0.6 is 23.2 Å². The minimum atomic E-state index is -0.372. The fraction of sp³-hybridized carbons (Fsp3) is 0.455. The van der Waals surface area contributed by atoms with Crippen molar-refractivity contribution in [3.05, 3.63) is 28.2 Å². The molecule has 1 aromatic carbocycles. The Morgan fingerprint density at radius 1 is 1.13 bits per heavy atom. The number of aliphatic hydroxyl groups is 1. The highest BCUT2D eigenvalue weighted by molar-refractivity contribution is 6.34. The zero-order valence-corrected chi connectivity index (χ0v) is 9.63. The van der Waals surface area contributed by atoms with Gasteiger partial charge in [-0.3, -0.25) is 0 Å². The topological polar surface area (TPSA) is 29.5 Å². The summed E-state index contributed by atoms with van der Waals surface area (Å²) in [6, 6.07) is 5.07. The van der Waals surface area contributed by atoms with Crippen LogP contribution in [-0.4, -0.2) is 17.3 Å². The summed E-state index contributed by atoms with van der Waals surface area (Å²) < 4.78 is 5.63. The first-order valence-electron chi connectivity index (χ1n) is 4.96. The Morgan fingerprint density at radius 3 is 2.33 bits per heavy atom. The Balaban J connectivity index is 2.10. The molecule has 1 N–H and O–H groups in total. The van der Waals surface area contributed by atoms with E-state index in [-0.39, 0.29) is 12.2 Å². The molecule has 1 saturated carbocycles. The Hall–Kier alpha value is -0.440. The summed E-state index contributed by atoms with van der Waals surface area (Å²) >= 11 is 11.7. The average molecular weight is 247 g/mol. The van der Waals surface area contributed by atoms with Gasteiger partial charge in [0.1, 0.15) is 11.9 Å². The SMILES string of the molecule is O[C@H]1CCC[C@@H]1Oc1cc(Cl)cc(Cl)c1. The molecule has 0 unspecified atom stereocenters. The molecule has 15 heavy (non-hydrogen) atoms. The van der Waals surface area contributed by atoms with Gasteiger partial charge < -0.3 is 9.84 Å². The van der Waals surface area contributed by atoms with Crippen LogP contribution in [0.25, 0.3) is 0 Å². The Bertz CT molecular complexity index is 334. The zero-order valence-electron chi connectivity index (χ0n) is 8.12. The van der Waals surface area contributed by atoms with Gasteiger partial charge in [0.05, 0.1) is 6.10 Å². The third kappa shape index (κ3) is 2.77. The lowest BCUT2D eigenvalue weighted by Crippen LogP contribution is -2.25. The largest absolute Gasteiger partial charge is 0.488 e. The number of aliphatic hydroxyl groups excluding tert-OH is 1. The van der Waals surface area contributed by atoms with Gasteiger partial charge in [-0.2, -0.15) is 0 Å². The van der Waals surface area contributed by atoms with Crippen molar-refractivity contribution in [2.45, 2.75) is 31.5 Å². The predicted molar refractivity (Wildman–Crippen MR) is 60.7 cm³/mol. The molecule has 0 bridgehead atoms. The first kappa shape index (κ1) is 11.1. The smallest absolute Gasteiger partial charge is 0.124 e. The monoisotopic (exact) mass is 246 g/mol. The Labute approximate surface area is 98.8 Å². The molecule has 0 saturated heterocycles. The van der Waals surface area contributed by atoms with E-state index >= 15 is 0 Å². The van der Waals surface area contributed by atoms with E-state index in [1.54, 1.807) is 18.2 Å². The Morgan fingerprint density at radius 2 is 1.80 bits per heavy atom. The lowest BCUT2D eigenvalue weighted by Gasteiger charge is -2.17. The fourth-order valence-corrected chi connectivity index (χ4v) is 2.32. The van der Waals surface area contributed by atoms with Crippen LogP contribution in [-0.2, 0) is 0 Å². The quantitative estimate of drug-likeness (QED) is 0.868. The molecule has 2 nitrogen and oxygen atoms in total. The lowest BCUT2D eigenvalue weighted by molar-refractivity contribution is 0.0604. The van der Waals surface area contributed by atoms with Gasteiger partial charge in [0.2, 0.25) is 0 Å². The molecule has 1 aromatic rings. The van der Waals surface area contributed by atoms with Crippen LogP contribution in [0.4, 0.5) is 0 Å². The molecule has 0 radical (unpaired) electrons. The first-order chi connectivity index (χ1) is 7.15. The normalized spacial score (nSPS) is 25.5. The summed E-state index contributed by atoms with van der Waals surface area (Å²) in [6.45, 7) is 0. The minimum Gasteiger partial charge on any atom is -0.488 e. The molecule has 0 spiro atoms. The third-order valence-corrected chi connectivity index (χ3v) is 2.98. The van der Waals surface area contributed by atoms with Crippen LogP contribution in [0.5, 0.6) is 5.75 Å². The van der Waals surface area contributed by atoms with Crippen molar-refractivity contribution in [1.82, 2.24) is 0 Å². The van der Waals surface area contributed by atoms with Crippen molar-refractivity contribution in [3.8, 4) is 5.75 Å². The molecule has 0 aliphatic heterocycles. The third-order valence-electron chi connectivity index (χ3n) is 2.54. The van der Waals surface area contributed by atoms with Crippen molar-refractivity contribution >= 4 is 23.2 Å². The average Bonchev–Trinajstić information content (AvgIpc) is 2.50. The molecule has 1 aliphatic carbocycles. The van der Waals surface area contributed by atoms with Crippen molar-refractivity contribution in [1.29, 1.82) is 0 Å². The first-order valence-corrected chi connectivity index (χ1v) is 5.71. The molecule has 0 aromatic heterocycles. The molecular weight excluding hydrogens is 235 g/mol. The number of halogens is 2. The van der Waals surface area contributed by atoms with Gasteiger partial charge >= 0.3 is 0 Å². The van der Waals surface area contributed by atoms with Crippen LogP contribution in [0, 0.1) is 0 Å².